The topological polar surface area (TPSA) is 83.6 Å². The summed E-state index contributed by atoms with van der Waals surface area (Å²) < 4.78 is 5.39. The van der Waals surface area contributed by atoms with Gasteiger partial charge in [0.2, 0.25) is 5.91 Å². The molecule has 3 rings (SSSR count). The van der Waals surface area contributed by atoms with Crippen molar-refractivity contribution in [3.63, 3.8) is 0 Å². The third kappa shape index (κ3) is 4.27. The van der Waals surface area contributed by atoms with Crippen molar-refractivity contribution in [2.45, 2.75) is 26.8 Å². The molecule has 0 fully saturated rings. The average molecular weight is 360 g/mol. The van der Waals surface area contributed by atoms with Crippen LogP contribution in [0.4, 0.5) is 15.6 Å². The molecule has 0 unspecified atom stereocenters. The second-order valence-corrected chi connectivity index (χ2v) is 6.71. The molecule has 3 amide bonds. The minimum Gasteiger partial charge on any atom is -0.494 e. The number of benzene rings is 1. The number of amides is 3. The van der Waals surface area contributed by atoms with Crippen LogP contribution in [0, 0.1) is 0 Å². The lowest BCUT2D eigenvalue weighted by Gasteiger charge is -2.26. The molecular weight excluding hydrogens is 340 g/mol. The van der Waals surface area contributed by atoms with E-state index in [1.807, 2.05) is 31.2 Å². The standard InChI is InChI=1S/C17H20N4O3S/c1-3-24-13-6-4-12(5-7-13)19-17(23)21-9-8-14-15(10-21)25-16(20-14)18-11(2)22/h4-7H,3,8-10H2,1-2H3,(H,19,23)(H,18,20,22). The lowest BCUT2D eigenvalue weighted by molar-refractivity contribution is -0.114. The van der Waals surface area contributed by atoms with Gasteiger partial charge >= 0.3 is 6.03 Å². The Morgan fingerprint density at radius 3 is 2.72 bits per heavy atom. The van der Waals surface area contributed by atoms with Gasteiger partial charge in [-0.25, -0.2) is 9.78 Å². The number of anilines is 2. The van der Waals surface area contributed by atoms with Crippen molar-refractivity contribution in [3.05, 3.63) is 34.8 Å². The van der Waals surface area contributed by atoms with E-state index in [1.54, 1.807) is 4.90 Å². The van der Waals surface area contributed by atoms with Crippen molar-refractivity contribution in [1.82, 2.24) is 9.88 Å². The maximum absolute atomic E-state index is 12.5. The molecule has 25 heavy (non-hydrogen) atoms. The highest BCUT2D eigenvalue weighted by Crippen LogP contribution is 2.28. The highest BCUT2D eigenvalue weighted by Gasteiger charge is 2.24. The van der Waals surface area contributed by atoms with Gasteiger partial charge in [-0.2, -0.15) is 0 Å². The Morgan fingerprint density at radius 2 is 2.04 bits per heavy atom. The SMILES string of the molecule is CCOc1ccc(NC(=O)N2CCc3nc(NC(C)=O)sc3C2)cc1. The van der Waals surface area contributed by atoms with Gasteiger partial charge in [0.1, 0.15) is 5.75 Å². The van der Waals surface area contributed by atoms with Gasteiger partial charge in [0.05, 0.1) is 18.8 Å². The summed E-state index contributed by atoms with van der Waals surface area (Å²) in [5, 5.41) is 6.18. The van der Waals surface area contributed by atoms with Crippen molar-refractivity contribution < 1.29 is 14.3 Å². The summed E-state index contributed by atoms with van der Waals surface area (Å²) in [5.41, 5.74) is 1.68. The lowest BCUT2D eigenvalue weighted by Crippen LogP contribution is -2.38. The van der Waals surface area contributed by atoms with Crippen LogP contribution in [-0.2, 0) is 17.8 Å². The quantitative estimate of drug-likeness (QED) is 0.878. The highest BCUT2D eigenvalue weighted by molar-refractivity contribution is 7.15. The number of urea groups is 1. The number of nitrogens with one attached hydrogen (secondary N) is 2. The zero-order chi connectivity index (χ0) is 17.8. The van der Waals surface area contributed by atoms with Gasteiger partial charge in [-0.3, -0.25) is 4.79 Å². The number of ether oxygens (including phenoxy) is 1. The maximum Gasteiger partial charge on any atom is 0.322 e. The van der Waals surface area contributed by atoms with Crippen LogP contribution < -0.4 is 15.4 Å². The summed E-state index contributed by atoms with van der Waals surface area (Å²) in [4.78, 5) is 30.8. The molecule has 0 saturated heterocycles. The van der Waals surface area contributed by atoms with Crippen molar-refractivity contribution in [2.75, 3.05) is 23.8 Å². The summed E-state index contributed by atoms with van der Waals surface area (Å²) >= 11 is 1.42. The zero-order valence-corrected chi connectivity index (χ0v) is 15.0. The summed E-state index contributed by atoms with van der Waals surface area (Å²) in [5.74, 6) is 0.634. The van der Waals surface area contributed by atoms with E-state index in [0.717, 1.165) is 22.0 Å². The Morgan fingerprint density at radius 1 is 1.28 bits per heavy atom. The molecule has 0 bridgehead atoms. The fraction of sp³-hybridized carbons (Fsp3) is 0.353. The van der Waals surface area contributed by atoms with Gasteiger partial charge < -0.3 is 20.3 Å². The summed E-state index contributed by atoms with van der Waals surface area (Å²) in [6, 6.07) is 7.15. The monoisotopic (exact) mass is 360 g/mol. The van der Waals surface area contributed by atoms with E-state index in [2.05, 4.69) is 15.6 Å². The van der Waals surface area contributed by atoms with Gasteiger partial charge in [-0.05, 0) is 31.2 Å². The predicted molar refractivity (Wildman–Crippen MR) is 97.2 cm³/mol. The Labute approximate surface area is 150 Å². The normalized spacial score (nSPS) is 13.1. The molecule has 0 spiro atoms. The lowest BCUT2D eigenvalue weighted by atomic mass is 10.2. The minimum absolute atomic E-state index is 0.142. The molecule has 0 atom stereocenters. The fourth-order valence-electron chi connectivity index (χ4n) is 2.58. The van der Waals surface area contributed by atoms with Gasteiger partial charge in [0.25, 0.3) is 0 Å². The van der Waals surface area contributed by atoms with E-state index in [4.69, 9.17) is 4.74 Å². The second kappa shape index (κ2) is 7.52. The number of fused-ring (bicyclic) bond motifs is 1. The number of thiazole rings is 1. The van der Waals surface area contributed by atoms with Gasteiger partial charge in [0.15, 0.2) is 5.13 Å². The Balaban J connectivity index is 1.61. The molecule has 8 heteroatoms. The molecule has 1 aliphatic heterocycles. The summed E-state index contributed by atoms with van der Waals surface area (Å²) in [7, 11) is 0. The van der Waals surface area contributed by atoms with Gasteiger partial charge in [-0.1, -0.05) is 11.3 Å². The molecule has 132 valence electrons. The first-order valence-electron chi connectivity index (χ1n) is 8.10. The van der Waals surface area contributed by atoms with E-state index in [1.165, 1.54) is 18.3 Å². The predicted octanol–water partition coefficient (Wildman–Crippen LogP) is 3.09. The minimum atomic E-state index is -0.149. The first-order chi connectivity index (χ1) is 12.0. The molecule has 7 nitrogen and oxygen atoms in total. The number of hydrogen-bond acceptors (Lipinski definition) is 5. The van der Waals surface area contributed by atoms with Crippen LogP contribution in [-0.4, -0.2) is 35.0 Å². The molecule has 1 aromatic heterocycles. The first-order valence-corrected chi connectivity index (χ1v) is 8.91. The van der Waals surface area contributed by atoms with Crippen LogP contribution in [0.3, 0.4) is 0 Å². The van der Waals surface area contributed by atoms with Crippen molar-refractivity contribution in [2.24, 2.45) is 0 Å². The largest absolute Gasteiger partial charge is 0.494 e. The molecule has 1 aliphatic rings. The Hall–Kier alpha value is -2.61. The van der Waals surface area contributed by atoms with Crippen LogP contribution in [0.15, 0.2) is 24.3 Å². The summed E-state index contributed by atoms with van der Waals surface area (Å²) in [6.45, 7) is 5.08. The fourth-order valence-corrected chi connectivity index (χ4v) is 3.65. The van der Waals surface area contributed by atoms with E-state index in [-0.39, 0.29) is 11.9 Å². The molecule has 0 radical (unpaired) electrons. The molecule has 1 aromatic carbocycles. The van der Waals surface area contributed by atoms with E-state index in [0.29, 0.717) is 31.2 Å². The molecule has 2 N–H and O–H groups in total. The Kier molecular flexibility index (Phi) is 5.18. The van der Waals surface area contributed by atoms with Crippen LogP contribution in [0.2, 0.25) is 0 Å². The van der Waals surface area contributed by atoms with Crippen molar-refractivity contribution >= 4 is 34.1 Å². The second-order valence-electron chi connectivity index (χ2n) is 5.63. The molecule has 0 saturated carbocycles. The average Bonchev–Trinajstić information content (AvgIpc) is 2.97. The van der Waals surface area contributed by atoms with E-state index >= 15 is 0 Å². The third-order valence-electron chi connectivity index (χ3n) is 3.72. The molecule has 2 aromatic rings. The van der Waals surface area contributed by atoms with E-state index in [9.17, 15) is 9.59 Å². The highest BCUT2D eigenvalue weighted by atomic mass is 32.1. The van der Waals surface area contributed by atoms with Crippen molar-refractivity contribution in [3.8, 4) is 5.75 Å². The number of hydrogen-bond donors (Lipinski definition) is 2. The molecule has 2 heterocycles. The van der Waals surface area contributed by atoms with Gasteiger partial charge in [-0.15, -0.1) is 0 Å². The number of carbonyl (C=O) groups is 2. The first kappa shape index (κ1) is 17.2. The zero-order valence-electron chi connectivity index (χ0n) is 14.2. The third-order valence-corrected chi connectivity index (χ3v) is 4.72. The summed E-state index contributed by atoms with van der Waals surface area (Å²) in [6.07, 6.45) is 0.683. The van der Waals surface area contributed by atoms with Crippen molar-refractivity contribution in [1.29, 1.82) is 0 Å². The number of aromatic nitrogens is 1. The Bertz CT molecular complexity index is 773. The van der Waals surface area contributed by atoms with Gasteiger partial charge in [0, 0.05) is 30.5 Å². The molecule has 0 aliphatic carbocycles. The van der Waals surface area contributed by atoms with Crippen LogP contribution in [0.1, 0.15) is 24.4 Å². The number of carbonyl (C=O) groups excluding carboxylic acids is 2. The van der Waals surface area contributed by atoms with Crippen LogP contribution in [0.5, 0.6) is 5.75 Å². The molecular formula is C17H20N4O3S. The number of nitrogens with zero attached hydrogens (tertiary/aromatic N) is 2. The number of rotatable bonds is 4. The van der Waals surface area contributed by atoms with E-state index < -0.39 is 0 Å². The maximum atomic E-state index is 12.5. The van der Waals surface area contributed by atoms with Crippen LogP contribution >= 0.6 is 11.3 Å². The smallest absolute Gasteiger partial charge is 0.322 e. The van der Waals surface area contributed by atoms with Crippen LogP contribution in [0.25, 0.3) is 0 Å².